The molecule has 0 heterocycles. The number of nitrogens with one attached hydrogen (secondary N) is 2. The molecule has 2 amide bonds. The molecule has 0 aliphatic heterocycles. The number of aliphatic hydroxyl groups is 1. The Morgan fingerprint density at radius 2 is 1.88 bits per heavy atom. The standard InChI is InChI=1S/C19H28N2O3/c1-14(23)20-18(15-8-4-2-5-9-15)12-19(24)21-17-11-7-3-6-10-16(17)13-22/h2,4-5,8-9,16-18,22H,3,6-7,10-13H2,1H3,(H,20,23)(H,21,24). The first kappa shape index (κ1) is 18.5. The van der Waals surface area contributed by atoms with Gasteiger partial charge in [-0.3, -0.25) is 9.59 Å². The van der Waals surface area contributed by atoms with Gasteiger partial charge in [0, 0.05) is 25.5 Å². The second-order valence-corrected chi connectivity index (χ2v) is 6.62. The third-order valence-corrected chi connectivity index (χ3v) is 4.71. The summed E-state index contributed by atoms with van der Waals surface area (Å²) in [6.45, 7) is 1.57. The maximum absolute atomic E-state index is 12.5. The monoisotopic (exact) mass is 332 g/mol. The minimum absolute atomic E-state index is 0.0266. The highest BCUT2D eigenvalue weighted by Crippen LogP contribution is 2.24. The van der Waals surface area contributed by atoms with E-state index in [1.807, 2.05) is 30.3 Å². The Labute approximate surface area is 143 Å². The summed E-state index contributed by atoms with van der Waals surface area (Å²) in [4.78, 5) is 24.0. The lowest BCUT2D eigenvalue weighted by Crippen LogP contribution is -2.42. The van der Waals surface area contributed by atoms with Crippen LogP contribution < -0.4 is 10.6 Å². The number of hydrogen-bond donors (Lipinski definition) is 3. The van der Waals surface area contributed by atoms with E-state index in [1.54, 1.807) is 0 Å². The number of carbonyl (C=O) groups excluding carboxylic acids is 2. The molecular weight excluding hydrogens is 304 g/mol. The molecule has 1 aromatic carbocycles. The van der Waals surface area contributed by atoms with E-state index < -0.39 is 0 Å². The summed E-state index contributed by atoms with van der Waals surface area (Å²) in [5.74, 6) is -0.102. The molecule has 3 N–H and O–H groups in total. The van der Waals surface area contributed by atoms with Crippen LogP contribution in [0.25, 0.3) is 0 Å². The van der Waals surface area contributed by atoms with E-state index in [0.717, 1.165) is 37.7 Å². The number of benzene rings is 1. The first-order chi connectivity index (χ1) is 11.6. The smallest absolute Gasteiger partial charge is 0.222 e. The summed E-state index contributed by atoms with van der Waals surface area (Å²) in [7, 11) is 0. The quantitative estimate of drug-likeness (QED) is 0.700. The number of aliphatic hydroxyl groups excluding tert-OH is 1. The third-order valence-electron chi connectivity index (χ3n) is 4.71. The number of rotatable bonds is 6. The Balaban J connectivity index is 2.00. The van der Waals surface area contributed by atoms with Crippen molar-refractivity contribution >= 4 is 11.8 Å². The molecule has 24 heavy (non-hydrogen) atoms. The molecule has 3 unspecified atom stereocenters. The van der Waals surface area contributed by atoms with Crippen molar-refractivity contribution in [2.24, 2.45) is 5.92 Å². The van der Waals surface area contributed by atoms with Crippen LogP contribution in [0.15, 0.2) is 30.3 Å². The molecule has 1 saturated carbocycles. The van der Waals surface area contributed by atoms with Gasteiger partial charge in [-0.25, -0.2) is 0 Å². The third kappa shape index (κ3) is 5.64. The van der Waals surface area contributed by atoms with Crippen molar-refractivity contribution in [1.82, 2.24) is 10.6 Å². The number of hydrogen-bond acceptors (Lipinski definition) is 3. The van der Waals surface area contributed by atoms with Gasteiger partial charge in [0.25, 0.3) is 0 Å². The lowest BCUT2D eigenvalue weighted by Gasteiger charge is -2.26. The van der Waals surface area contributed by atoms with Crippen molar-refractivity contribution in [2.75, 3.05) is 6.61 Å². The van der Waals surface area contributed by atoms with E-state index in [9.17, 15) is 14.7 Å². The van der Waals surface area contributed by atoms with Crippen molar-refractivity contribution in [2.45, 2.75) is 57.5 Å². The SMILES string of the molecule is CC(=O)NC(CC(=O)NC1CCCCCC1CO)c1ccccc1. The Kier molecular flexibility index (Phi) is 7.25. The average Bonchev–Trinajstić information content (AvgIpc) is 2.79. The Hall–Kier alpha value is -1.88. The molecule has 3 atom stereocenters. The van der Waals surface area contributed by atoms with E-state index in [2.05, 4.69) is 10.6 Å². The fourth-order valence-electron chi connectivity index (χ4n) is 3.43. The van der Waals surface area contributed by atoms with E-state index in [-0.39, 0.29) is 42.8 Å². The van der Waals surface area contributed by atoms with Crippen molar-refractivity contribution < 1.29 is 14.7 Å². The second-order valence-electron chi connectivity index (χ2n) is 6.62. The molecule has 5 heteroatoms. The van der Waals surface area contributed by atoms with Gasteiger partial charge in [0.2, 0.25) is 11.8 Å². The van der Waals surface area contributed by atoms with E-state index in [0.29, 0.717) is 0 Å². The van der Waals surface area contributed by atoms with Crippen LogP contribution in [0, 0.1) is 5.92 Å². The normalized spacial score (nSPS) is 22.2. The summed E-state index contributed by atoms with van der Waals surface area (Å²) in [6, 6.07) is 9.23. The fraction of sp³-hybridized carbons (Fsp3) is 0.579. The van der Waals surface area contributed by atoms with Crippen LogP contribution in [0.1, 0.15) is 57.1 Å². The largest absolute Gasteiger partial charge is 0.396 e. The van der Waals surface area contributed by atoms with Crippen LogP contribution in [-0.2, 0) is 9.59 Å². The van der Waals surface area contributed by atoms with Crippen molar-refractivity contribution in [1.29, 1.82) is 0 Å². The lowest BCUT2D eigenvalue weighted by molar-refractivity contribution is -0.123. The minimum Gasteiger partial charge on any atom is -0.396 e. The Bertz CT molecular complexity index is 533. The fourth-order valence-corrected chi connectivity index (χ4v) is 3.43. The highest BCUT2D eigenvalue weighted by molar-refractivity contribution is 5.79. The predicted molar refractivity (Wildman–Crippen MR) is 93.2 cm³/mol. The maximum atomic E-state index is 12.5. The highest BCUT2D eigenvalue weighted by atomic mass is 16.3. The first-order valence-electron chi connectivity index (χ1n) is 8.82. The summed E-state index contributed by atoms with van der Waals surface area (Å²) in [6.07, 6.45) is 5.41. The van der Waals surface area contributed by atoms with Gasteiger partial charge in [-0.2, -0.15) is 0 Å². The van der Waals surface area contributed by atoms with E-state index in [1.165, 1.54) is 6.92 Å². The zero-order chi connectivity index (χ0) is 17.4. The van der Waals surface area contributed by atoms with Crippen molar-refractivity contribution in [3.63, 3.8) is 0 Å². The van der Waals surface area contributed by atoms with E-state index in [4.69, 9.17) is 0 Å². The van der Waals surface area contributed by atoms with Crippen LogP contribution in [0.5, 0.6) is 0 Å². The van der Waals surface area contributed by atoms with Gasteiger partial charge in [-0.15, -0.1) is 0 Å². The molecular formula is C19H28N2O3. The summed E-state index contributed by atoms with van der Waals surface area (Å²) in [5, 5.41) is 15.5. The zero-order valence-corrected chi connectivity index (χ0v) is 14.3. The summed E-state index contributed by atoms with van der Waals surface area (Å²) in [5.41, 5.74) is 0.919. The molecule has 1 aliphatic rings. The second kappa shape index (κ2) is 9.42. The molecule has 2 rings (SSSR count). The van der Waals surface area contributed by atoms with Gasteiger partial charge >= 0.3 is 0 Å². The van der Waals surface area contributed by atoms with Crippen LogP contribution in [0.3, 0.4) is 0 Å². The lowest BCUT2D eigenvalue weighted by atomic mass is 9.95. The molecule has 5 nitrogen and oxygen atoms in total. The molecule has 1 fully saturated rings. The molecule has 0 spiro atoms. The van der Waals surface area contributed by atoms with Crippen molar-refractivity contribution in [3.8, 4) is 0 Å². The van der Waals surface area contributed by atoms with Crippen LogP contribution >= 0.6 is 0 Å². The number of carbonyl (C=O) groups is 2. The average molecular weight is 332 g/mol. The van der Waals surface area contributed by atoms with Gasteiger partial charge in [-0.1, -0.05) is 49.6 Å². The molecule has 1 aromatic rings. The number of amides is 2. The van der Waals surface area contributed by atoms with E-state index >= 15 is 0 Å². The van der Waals surface area contributed by atoms with Gasteiger partial charge in [0.1, 0.15) is 0 Å². The zero-order valence-electron chi connectivity index (χ0n) is 14.3. The van der Waals surface area contributed by atoms with Gasteiger partial charge < -0.3 is 15.7 Å². The molecule has 0 saturated heterocycles. The summed E-state index contributed by atoms with van der Waals surface area (Å²) < 4.78 is 0. The molecule has 0 radical (unpaired) electrons. The van der Waals surface area contributed by atoms with Gasteiger partial charge in [0.05, 0.1) is 12.5 Å². The minimum atomic E-state index is -0.331. The van der Waals surface area contributed by atoms with Crippen LogP contribution in [0.4, 0.5) is 0 Å². The topological polar surface area (TPSA) is 78.4 Å². The maximum Gasteiger partial charge on any atom is 0.222 e. The highest BCUT2D eigenvalue weighted by Gasteiger charge is 2.26. The van der Waals surface area contributed by atoms with Crippen molar-refractivity contribution in [3.05, 3.63) is 35.9 Å². The molecule has 132 valence electrons. The molecule has 1 aliphatic carbocycles. The molecule has 0 aromatic heterocycles. The van der Waals surface area contributed by atoms with Gasteiger partial charge in [0.15, 0.2) is 0 Å². The first-order valence-corrected chi connectivity index (χ1v) is 8.82. The predicted octanol–water partition coefficient (Wildman–Crippen LogP) is 2.31. The Morgan fingerprint density at radius 1 is 1.17 bits per heavy atom. The summed E-state index contributed by atoms with van der Waals surface area (Å²) >= 11 is 0. The Morgan fingerprint density at radius 3 is 2.54 bits per heavy atom. The molecule has 0 bridgehead atoms. The van der Waals surface area contributed by atoms with Gasteiger partial charge in [-0.05, 0) is 18.4 Å². The van der Waals surface area contributed by atoms with Crippen LogP contribution in [-0.4, -0.2) is 29.6 Å². The van der Waals surface area contributed by atoms with Crippen LogP contribution in [0.2, 0.25) is 0 Å².